The molecule has 0 heterocycles. The van der Waals surface area contributed by atoms with Crippen LogP contribution in [-0.4, -0.2) is 102 Å². The van der Waals surface area contributed by atoms with Crippen LogP contribution in [0.5, 0.6) is 0 Å². The van der Waals surface area contributed by atoms with Crippen molar-refractivity contribution >= 4 is 53.2 Å². The van der Waals surface area contributed by atoms with Gasteiger partial charge < -0.3 is 48.1 Å². The van der Waals surface area contributed by atoms with Crippen molar-refractivity contribution in [1.82, 2.24) is 37.2 Å². The van der Waals surface area contributed by atoms with Crippen LogP contribution >= 0.6 is 0 Å². The van der Waals surface area contributed by atoms with E-state index in [4.69, 9.17) is 5.73 Å². The monoisotopic (exact) mass is 868 g/mol. The van der Waals surface area contributed by atoms with Gasteiger partial charge in [-0.1, -0.05) is 119 Å². The molecule has 336 valence electrons. The molecule has 63 heavy (non-hydrogen) atoms. The number of carbonyl (C=O) groups is 9. The maximum atomic E-state index is 14.0. The molecule has 10 N–H and O–H groups in total. The number of carbonyl (C=O) groups excluding carboxylic acids is 8. The van der Waals surface area contributed by atoms with Crippen LogP contribution in [0.3, 0.4) is 0 Å². The number of nitrogens with two attached hydrogens (primary N) is 1. The van der Waals surface area contributed by atoms with Crippen molar-refractivity contribution in [3.05, 3.63) is 120 Å². The quantitative estimate of drug-likeness (QED) is 0.0535. The van der Waals surface area contributed by atoms with Gasteiger partial charge in [-0.15, -0.1) is 0 Å². The van der Waals surface area contributed by atoms with Crippen LogP contribution in [0, 0.1) is 11.8 Å². The van der Waals surface area contributed by atoms with E-state index < -0.39 is 102 Å². The predicted molar refractivity (Wildman–Crippen MR) is 232 cm³/mol. The summed E-state index contributed by atoms with van der Waals surface area (Å²) in [6, 6.07) is 20.3. The highest BCUT2D eigenvalue weighted by atomic mass is 16.4. The van der Waals surface area contributed by atoms with Crippen LogP contribution in [0.25, 0.3) is 0 Å². The Morgan fingerprint density at radius 1 is 0.492 bits per heavy atom. The van der Waals surface area contributed by atoms with Crippen LogP contribution in [0.2, 0.25) is 0 Å². The molecule has 0 spiro atoms. The smallest absolute Gasteiger partial charge is 0.326 e. The highest BCUT2D eigenvalue weighted by Crippen LogP contribution is 2.11. The zero-order valence-electron chi connectivity index (χ0n) is 35.6. The summed E-state index contributed by atoms with van der Waals surface area (Å²) in [6.07, 6.45) is 1.69. The Hall–Kier alpha value is -7.37. The van der Waals surface area contributed by atoms with E-state index in [1.54, 1.807) is 119 Å². The number of aliphatic carboxylic acids is 1. The van der Waals surface area contributed by atoms with Crippen LogP contribution in [0.15, 0.2) is 103 Å². The van der Waals surface area contributed by atoms with Crippen LogP contribution < -0.4 is 43.0 Å². The number of rotatable bonds is 24. The molecule has 5 unspecified atom stereocenters. The summed E-state index contributed by atoms with van der Waals surface area (Å²) in [6.45, 7) is 5.68. The van der Waals surface area contributed by atoms with Gasteiger partial charge in [0.25, 0.3) is 0 Å². The molecule has 0 saturated heterocycles. The average Bonchev–Trinajstić information content (AvgIpc) is 3.25. The fourth-order valence-corrected chi connectivity index (χ4v) is 6.12. The third-order valence-corrected chi connectivity index (χ3v) is 9.52. The third-order valence-electron chi connectivity index (χ3n) is 9.52. The second-order valence-corrected chi connectivity index (χ2v) is 15.3. The number of nitrogens with one attached hydrogen (secondary N) is 7. The van der Waals surface area contributed by atoms with E-state index in [2.05, 4.69) is 37.2 Å². The minimum Gasteiger partial charge on any atom is -0.480 e. The fourth-order valence-electron chi connectivity index (χ4n) is 6.12. The third kappa shape index (κ3) is 18.0. The van der Waals surface area contributed by atoms with Crippen LogP contribution in [0.4, 0.5) is 0 Å². The molecule has 3 aromatic rings. The molecule has 8 amide bonds. The first kappa shape index (κ1) is 50.0. The Kier molecular flexibility index (Phi) is 20.2. The fraction of sp³-hybridized carbons (Fsp3) is 0.356. The molecule has 0 bridgehead atoms. The van der Waals surface area contributed by atoms with Crippen molar-refractivity contribution in [3.8, 4) is 0 Å². The topological polar surface area (TPSA) is 284 Å². The first-order valence-electron chi connectivity index (χ1n) is 20.3. The summed E-state index contributed by atoms with van der Waals surface area (Å²) >= 11 is 0. The summed E-state index contributed by atoms with van der Waals surface area (Å²) in [5.74, 6) is -8.12. The Morgan fingerprint density at radius 2 is 0.905 bits per heavy atom. The van der Waals surface area contributed by atoms with E-state index in [0.717, 1.165) is 12.2 Å². The van der Waals surface area contributed by atoms with Gasteiger partial charge in [0.05, 0.1) is 13.1 Å². The summed E-state index contributed by atoms with van der Waals surface area (Å²) < 4.78 is 0. The summed E-state index contributed by atoms with van der Waals surface area (Å²) in [5.41, 5.74) is 7.52. The summed E-state index contributed by atoms with van der Waals surface area (Å²) in [4.78, 5) is 115. The minimum absolute atomic E-state index is 0.00217. The number of amides is 8. The van der Waals surface area contributed by atoms with Gasteiger partial charge in [-0.25, -0.2) is 4.79 Å². The molecule has 3 rings (SSSR count). The molecular weight excluding hydrogens is 813 g/mol. The first-order chi connectivity index (χ1) is 29.9. The molecule has 0 aliphatic carbocycles. The van der Waals surface area contributed by atoms with Gasteiger partial charge in [0, 0.05) is 31.4 Å². The lowest BCUT2D eigenvalue weighted by Gasteiger charge is -2.28. The Labute approximate surface area is 365 Å². The Balaban J connectivity index is 1.66. The number of carboxylic acid groups (broad SMARTS) is 1. The van der Waals surface area contributed by atoms with Crippen LogP contribution in [-0.2, 0) is 62.4 Å². The van der Waals surface area contributed by atoms with Crippen molar-refractivity contribution in [1.29, 1.82) is 0 Å². The maximum Gasteiger partial charge on any atom is 0.326 e. The lowest BCUT2D eigenvalue weighted by molar-refractivity contribution is -0.141. The van der Waals surface area contributed by atoms with E-state index in [-0.39, 0.29) is 25.2 Å². The molecule has 0 aliphatic rings. The number of primary amides is 1. The molecule has 0 saturated carbocycles. The highest BCUT2D eigenvalue weighted by molar-refractivity contribution is 6.00. The summed E-state index contributed by atoms with van der Waals surface area (Å²) in [7, 11) is 0. The first-order valence-corrected chi connectivity index (χ1v) is 20.3. The van der Waals surface area contributed by atoms with Gasteiger partial charge >= 0.3 is 5.97 Å². The number of hydrogen-bond acceptors (Lipinski definition) is 9. The van der Waals surface area contributed by atoms with Gasteiger partial charge in [0.2, 0.25) is 47.3 Å². The van der Waals surface area contributed by atoms with E-state index in [1.807, 2.05) is 0 Å². The molecule has 18 heteroatoms. The van der Waals surface area contributed by atoms with Gasteiger partial charge in [0.15, 0.2) is 0 Å². The molecule has 18 nitrogen and oxygen atoms in total. The van der Waals surface area contributed by atoms with Crippen molar-refractivity contribution in [2.75, 3.05) is 13.1 Å². The maximum absolute atomic E-state index is 14.0. The lowest BCUT2D eigenvalue weighted by atomic mass is 9.98. The molecule has 0 aliphatic heterocycles. The average molecular weight is 869 g/mol. The van der Waals surface area contributed by atoms with E-state index >= 15 is 0 Å². The number of benzene rings is 3. The largest absolute Gasteiger partial charge is 0.480 e. The van der Waals surface area contributed by atoms with Gasteiger partial charge in [0.1, 0.15) is 30.2 Å². The zero-order valence-corrected chi connectivity index (χ0v) is 35.6. The molecule has 0 radical (unpaired) electrons. The second-order valence-electron chi connectivity index (χ2n) is 15.3. The summed E-state index contributed by atoms with van der Waals surface area (Å²) in [5, 5.41) is 27.0. The van der Waals surface area contributed by atoms with Gasteiger partial charge in [-0.3, -0.25) is 38.4 Å². The second kappa shape index (κ2) is 25.4. The van der Waals surface area contributed by atoms with Gasteiger partial charge in [-0.05, 0) is 28.5 Å². The Morgan fingerprint density at radius 3 is 1.37 bits per heavy atom. The number of hydrogen-bond donors (Lipinski definition) is 9. The van der Waals surface area contributed by atoms with Gasteiger partial charge in [-0.2, -0.15) is 0 Å². The Bertz CT molecular complexity index is 2080. The predicted octanol–water partition coefficient (Wildman–Crippen LogP) is -0.191. The number of carboxylic acids is 1. The molecule has 3 aromatic carbocycles. The molecule has 0 aromatic heterocycles. The lowest BCUT2D eigenvalue weighted by Crippen LogP contribution is -2.60. The van der Waals surface area contributed by atoms with Crippen molar-refractivity contribution < 1.29 is 48.3 Å². The highest BCUT2D eigenvalue weighted by Gasteiger charge is 2.33. The molecule has 5 atom stereocenters. The van der Waals surface area contributed by atoms with Crippen LogP contribution in [0.1, 0.15) is 44.4 Å². The van der Waals surface area contributed by atoms with E-state index in [0.29, 0.717) is 16.7 Å². The van der Waals surface area contributed by atoms with Crippen molar-refractivity contribution in [3.63, 3.8) is 0 Å². The van der Waals surface area contributed by atoms with Crippen molar-refractivity contribution in [2.45, 2.75) is 77.2 Å². The van der Waals surface area contributed by atoms with E-state index in [1.165, 1.54) is 0 Å². The zero-order chi connectivity index (χ0) is 46.5. The minimum atomic E-state index is -1.27. The van der Waals surface area contributed by atoms with Crippen molar-refractivity contribution in [2.24, 2.45) is 17.6 Å². The standard InChI is InChI=1S/C45H56N8O10/c1-27(2)39(41(46)58)52-44(61)40(28(3)4)53-43(60)33(23-30-16-10-6-11-17-30)51-42(59)32(22-29-14-8-5-9-15-29)49-36(55)21-20-35(54)47-25-37(56)48-26-38(57)50-34(45(62)63)24-31-18-12-7-13-19-31/h5-21,27-28,32-34,39-40H,22-26H2,1-4H3,(H2,46,58)(H,47,54)(H,48,56)(H,49,55)(H,50,57)(H,51,59)(H,52,61)(H,53,60)(H,62,63). The molecule has 0 fully saturated rings. The molecular formula is C45H56N8O10. The SMILES string of the molecule is CC(C)C(NC(=O)C(NC(=O)C(Cc1ccccc1)NC(=O)C(Cc1ccccc1)NC(=O)C=CC(=O)NCC(=O)NCC(=O)NC(Cc1ccccc1)C(=O)O)C(C)C)C(N)=O. The van der Waals surface area contributed by atoms with E-state index in [9.17, 15) is 48.3 Å². The normalized spacial score (nSPS) is 13.4.